The van der Waals surface area contributed by atoms with Gasteiger partial charge in [0.1, 0.15) is 10.0 Å². The van der Waals surface area contributed by atoms with Gasteiger partial charge in [0.25, 0.3) is 0 Å². The molecule has 0 aromatic carbocycles. The minimum atomic E-state index is -1.04. The number of aromatic nitrogens is 1. The van der Waals surface area contributed by atoms with Crippen LogP contribution in [0.25, 0.3) is 0 Å². The van der Waals surface area contributed by atoms with Gasteiger partial charge in [0.05, 0.1) is 5.69 Å². The van der Waals surface area contributed by atoms with E-state index >= 15 is 0 Å². The Hall–Kier alpha value is -0.740. The normalized spacial score (nSPS) is 10.1. The van der Waals surface area contributed by atoms with Gasteiger partial charge in [-0.2, -0.15) is 9.37 Å². The third-order valence-corrected chi connectivity index (χ3v) is 1.79. The van der Waals surface area contributed by atoms with Gasteiger partial charge >= 0.3 is 0 Å². The van der Waals surface area contributed by atoms with Crippen molar-refractivity contribution in [3.63, 3.8) is 0 Å². The molecule has 11 heavy (non-hydrogen) atoms. The van der Waals surface area contributed by atoms with E-state index in [0.717, 1.165) is 0 Å². The summed E-state index contributed by atoms with van der Waals surface area (Å²) in [4.78, 5) is 2.98. The first-order chi connectivity index (χ1) is 5.04. The number of halogens is 3. The summed E-state index contributed by atoms with van der Waals surface area (Å²) in [6.07, 6.45) is 0. The lowest BCUT2D eigenvalue weighted by Gasteiger charge is -2.01. The molecular formula is C5H3Cl2FN2O. The maximum absolute atomic E-state index is 12.5. The molecule has 1 heterocycles. The Bertz CT molecular complexity index is 279. The molecule has 0 unspecified atom stereocenters. The predicted octanol–water partition coefficient (Wildman–Crippen LogP) is 1.82. The summed E-state index contributed by atoms with van der Waals surface area (Å²) in [6.45, 7) is 0. The molecule has 1 aromatic heterocycles. The second-order valence-corrected chi connectivity index (χ2v) is 2.52. The molecule has 0 aliphatic rings. The Kier molecular flexibility index (Phi) is 2.06. The van der Waals surface area contributed by atoms with E-state index < -0.39 is 11.8 Å². The number of nitrogens with zero attached hydrogens (tertiary/aromatic N) is 1. The molecule has 3 nitrogen and oxygen atoms in total. The summed E-state index contributed by atoms with van der Waals surface area (Å²) in [6, 6.07) is 0. The van der Waals surface area contributed by atoms with Crippen molar-refractivity contribution in [2.75, 3.05) is 5.73 Å². The third kappa shape index (κ3) is 1.32. The molecule has 0 spiro atoms. The highest BCUT2D eigenvalue weighted by Crippen LogP contribution is 2.34. The van der Waals surface area contributed by atoms with Gasteiger partial charge < -0.3 is 10.8 Å². The van der Waals surface area contributed by atoms with E-state index in [4.69, 9.17) is 34.0 Å². The van der Waals surface area contributed by atoms with Gasteiger partial charge in [0, 0.05) is 0 Å². The van der Waals surface area contributed by atoms with E-state index in [0.29, 0.717) is 0 Å². The molecule has 1 aromatic rings. The minimum absolute atomic E-state index is 0.210. The summed E-state index contributed by atoms with van der Waals surface area (Å²) in [5.41, 5.74) is 4.97. The zero-order valence-corrected chi connectivity index (χ0v) is 6.62. The second kappa shape index (κ2) is 2.71. The molecule has 0 saturated heterocycles. The smallest absolute Gasteiger partial charge is 0.237 e. The highest BCUT2D eigenvalue weighted by atomic mass is 35.5. The fraction of sp³-hybridized carbons (Fsp3) is 0. The summed E-state index contributed by atoms with van der Waals surface area (Å²) in [5.74, 6) is -1.70. The molecule has 0 bridgehead atoms. The zero-order chi connectivity index (χ0) is 8.59. The van der Waals surface area contributed by atoms with Crippen LogP contribution in [-0.2, 0) is 0 Å². The van der Waals surface area contributed by atoms with E-state index in [2.05, 4.69) is 4.98 Å². The van der Waals surface area contributed by atoms with Crippen molar-refractivity contribution in [1.29, 1.82) is 0 Å². The highest BCUT2D eigenvalue weighted by Gasteiger charge is 2.13. The first kappa shape index (κ1) is 8.36. The minimum Gasteiger partial charge on any atom is -0.492 e. The van der Waals surface area contributed by atoms with Crippen LogP contribution in [0.4, 0.5) is 10.1 Å². The number of anilines is 1. The number of hydrogen-bond acceptors (Lipinski definition) is 3. The number of aromatic hydroxyl groups is 1. The lowest BCUT2D eigenvalue weighted by molar-refractivity contribution is 0.436. The fourth-order valence-electron chi connectivity index (χ4n) is 0.519. The molecule has 6 heteroatoms. The average molecular weight is 197 g/mol. The van der Waals surface area contributed by atoms with Crippen molar-refractivity contribution < 1.29 is 9.50 Å². The van der Waals surface area contributed by atoms with E-state index in [-0.39, 0.29) is 15.7 Å². The van der Waals surface area contributed by atoms with Crippen LogP contribution in [0.1, 0.15) is 0 Å². The number of hydrogen-bond donors (Lipinski definition) is 2. The molecule has 60 valence electrons. The Morgan fingerprint density at radius 1 is 1.36 bits per heavy atom. The van der Waals surface area contributed by atoms with E-state index in [1.807, 2.05) is 0 Å². The van der Waals surface area contributed by atoms with Gasteiger partial charge in [0.15, 0.2) is 0 Å². The van der Waals surface area contributed by atoms with Crippen LogP contribution in [0.15, 0.2) is 0 Å². The Balaban J connectivity index is 3.46. The largest absolute Gasteiger partial charge is 0.492 e. The second-order valence-electron chi connectivity index (χ2n) is 1.77. The molecule has 0 fully saturated rings. The number of rotatable bonds is 0. The molecule has 0 radical (unpaired) electrons. The summed E-state index contributed by atoms with van der Waals surface area (Å²) in [7, 11) is 0. The number of pyridine rings is 1. The van der Waals surface area contributed by atoms with Gasteiger partial charge in [-0.3, -0.25) is 0 Å². The van der Waals surface area contributed by atoms with Gasteiger partial charge in [-0.15, -0.1) is 0 Å². The lowest BCUT2D eigenvalue weighted by atomic mass is 10.4. The van der Waals surface area contributed by atoms with Gasteiger partial charge in [-0.25, -0.2) is 0 Å². The van der Waals surface area contributed by atoms with Gasteiger partial charge in [-0.05, 0) is 0 Å². The molecule has 0 saturated carbocycles. The van der Waals surface area contributed by atoms with Crippen LogP contribution in [-0.4, -0.2) is 10.1 Å². The van der Waals surface area contributed by atoms with E-state index in [9.17, 15) is 4.39 Å². The SMILES string of the molecule is Nc1c(Cl)c(O)nc(F)c1Cl. The van der Waals surface area contributed by atoms with E-state index in [1.165, 1.54) is 0 Å². The van der Waals surface area contributed by atoms with Crippen LogP contribution in [0, 0.1) is 5.95 Å². The van der Waals surface area contributed by atoms with Crippen molar-refractivity contribution in [1.82, 2.24) is 4.98 Å². The van der Waals surface area contributed by atoms with Crippen LogP contribution in [0.2, 0.25) is 10.0 Å². The summed E-state index contributed by atoms with van der Waals surface area (Å²) >= 11 is 10.7. The highest BCUT2D eigenvalue weighted by molar-refractivity contribution is 6.39. The van der Waals surface area contributed by atoms with Gasteiger partial charge in [0.2, 0.25) is 11.8 Å². The predicted molar refractivity (Wildman–Crippen MR) is 40.3 cm³/mol. The molecule has 0 aliphatic carbocycles. The van der Waals surface area contributed by atoms with Crippen molar-refractivity contribution >= 4 is 28.9 Å². The summed E-state index contributed by atoms with van der Waals surface area (Å²) in [5, 5.41) is 8.16. The van der Waals surface area contributed by atoms with Crippen molar-refractivity contribution in [3.8, 4) is 5.88 Å². The molecule has 3 N–H and O–H groups in total. The van der Waals surface area contributed by atoms with Crippen LogP contribution < -0.4 is 5.73 Å². The molecule has 0 atom stereocenters. The van der Waals surface area contributed by atoms with Crippen LogP contribution in [0.5, 0.6) is 5.88 Å². The van der Waals surface area contributed by atoms with Crippen molar-refractivity contribution in [2.45, 2.75) is 0 Å². The molecule has 1 rings (SSSR count). The lowest BCUT2D eigenvalue weighted by Crippen LogP contribution is -1.94. The van der Waals surface area contributed by atoms with Crippen LogP contribution >= 0.6 is 23.2 Å². The molecule has 0 amide bonds. The Morgan fingerprint density at radius 3 is 2.45 bits per heavy atom. The standard InChI is InChI=1S/C5H3Cl2FN2O/c6-1-3(9)2(7)5(11)10-4(1)8/h(H3,9,10,11). The monoisotopic (exact) mass is 196 g/mol. The quantitative estimate of drug-likeness (QED) is 0.623. The fourth-order valence-corrected chi connectivity index (χ4v) is 0.841. The summed E-state index contributed by atoms with van der Waals surface area (Å²) < 4.78 is 12.5. The van der Waals surface area contributed by atoms with Gasteiger partial charge in [-0.1, -0.05) is 23.2 Å². The van der Waals surface area contributed by atoms with Crippen molar-refractivity contribution in [2.24, 2.45) is 0 Å². The first-order valence-electron chi connectivity index (χ1n) is 2.53. The molecule has 0 aliphatic heterocycles. The maximum atomic E-state index is 12.5. The Morgan fingerprint density at radius 2 is 1.91 bits per heavy atom. The third-order valence-electron chi connectivity index (χ3n) is 1.05. The number of nitrogens with two attached hydrogens (primary N) is 1. The molecular weight excluding hydrogens is 194 g/mol. The topological polar surface area (TPSA) is 59.1 Å². The van der Waals surface area contributed by atoms with E-state index in [1.54, 1.807) is 0 Å². The van der Waals surface area contributed by atoms with Crippen molar-refractivity contribution in [3.05, 3.63) is 16.0 Å². The zero-order valence-electron chi connectivity index (χ0n) is 5.11. The average Bonchev–Trinajstić information content (AvgIpc) is 1.97. The maximum Gasteiger partial charge on any atom is 0.237 e. The Labute approximate surface area is 71.6 Å². The number of nitrogen functional groups attached to an aromatic ring is 1. The van der Waals surface area contributed by atoms with Crippen LogP contribution in [0.3, 0.4) is 0 Å². The first-order valence-corrected chi connectivity index (χ1v) is 3.28.